The number of thiazole rings is 1. The molecule has 0 spiro atoms. The lowest BCUT2D eigenvalue weighted by Gasteiger charge is -1.98. The minimum atomic E-state index is -0.975. The molecule has 0 fully saturated rings. The molecule has 0 atom stereocenters. The van der Waals surface area contributed by atoms with Crippen molar-refractivity contribution < 1.29 is 9.90 Å². The van der Waals surface area contributed by atoms with Crippen LogP contribution in [0.2, 0.25) is 0 Å². The number of hydrogen-bond acceptors (Lipinski definition) is 4. The molecule has 0 aliphatic rings. The van der Waals surface area contributed by atoms with Crippen LogP contribution in [0.3, 0.4) is 0 Å². The summed E-state index contributed by atoms with van der Waals surface area (Å²) in [5, 5.41) is 11.1. The zero-order chi connectivity index (χ0) is 13.1. The molecule has 2 aromatic rings. The summed E-state index contributed by atoms with van der Waals surface area (Å²) in [7, 11) is 0. The standard InChI is InChI=1S/C11H10N4O2S/c12-10(13)15-11-14-8(5-18-11)6-2-1-3-7(4-6)9(16)17/h1-5H,(H,16,17)(H4,12,13,14,15). The fraction of sp³-hybridized carbons (Fsp3) is 0. The molecule has 2 rings (SSSR count). The summed E-state index contributed by atoms with van der Waals surface area (Å²) < 4.78 is 0. The van der Waals surface area contributed by atoms with E-state index in [1.807, 2.05) is 0 Å². The third-order valence-corrected chi connectivity index (χ3v) is 2.86. The first-order chi connectivity index (χ1) is 8.56. The molecular weight excluding hydrogens is 252 g/mol. The normalized spacial score (nSPS) is 10.0. The molecule has 0 unspecified atom stereocenters. The molecule has 92 valence electrons. The first kappa shape index (κ1) is 12.1. The van der Waals surface area contributed by atoms with Crippen molar-refractivity contribution in [2.24, 2.45) is 16.5 Å². The van der Waals surface area contributed by atoms with Crippen molar-refractivity contribution in [2.75, 3.05) is 0 Å². The predicted molar refractivity (Wildman–Crippen MR) is 70.0 cm³/mol. The maximum absolute atomic E-state index is 10.9. The van der Waals surface area contributed by atoms with Gasteiger partial charge in [-0.2, -0.15) is 4.99 Å². The Morgan fingerprint density at radius 1 is 1.39 bits per heavy atom. The quantitative estimate of drug-likeness (QED) is 0.571. The van der Waals surface area contributed by atoms with Crippen LogP contribution in [0.25, 0.3) is 11.3 Å². The number of aromatic nitrogens is 1. The molecule has 0 amide bonds. The van der Waals surface area contributed by atoms with Gasteiger partial charge in [-0.25, -0.2) is 9.78 Å². The lowest BCUT2D eigenvalue weighted by molar-refractivity contribution is 0.0697. The van der Waals surface area contributed by atoms with Crippen LogP contribution in [0.4, 0.5) is 5.13 Å². The van der Waals surface area contributed by atoms with E-state index in [0.29, 0.717) is 16.4 Å². The largest absolute Gasteiger partial charge is 0.478 e. The number of nitrogens with zero attached hydrogens (tertiary/aromatic N) is 2. The van der Waals surface area contributed by atoms with E-state index in [1.165, 1.54) is 17.4 Å². The van der Waals surface area contributed by atoms with Gasteiger partial charge in [0.05, 0.1) is 11.3 Å². The van der Waals surface area contributed by atoms with Gasteiger partial charge in [0.2, 0.25) is 5.13 Å². The lowest BCUT2D eigenvalue weighted by Crippen LogP contribution is -2.21. The zero-order valence-electron chi connectivity index (χ0n) is 9.20. The highest BCUT2D eigenvalue weighted by molar-refractivity contribution is 7.13. The number of hydrogen-bond donors (Lipinski definition) is 3. The van der Waals surface area contributed by atoms with Crippen LogP contribution in [0.5, 0.6) is 0 Å². The van der Waals surface area contributed by atoms with Crippen molar-refractivity contribution >= 4 is 28.4 Å². The number of guanidine groups is 1. The number of nitrogens with two attached hydrogens (primary N) is 2. The van der Waals surface area contributed by atoms with Crippen LogP contribution in [0.15, 0.2) is 34.6 Å². The van der Waals surface area contributed by atoms with Gasteiger partial charge >= 0.3 is 5.97 Å². The van der Waals surface area contributed by atoms with Gasteiger partial charge in [0.1, 0.15) is 0 Å². The monoisotopic (exact) mass is 262 g/mol. The molecule has 0 aliphatic carbocycles. The second-order valence-electron chi connectivity index (χ2n) is 3.44. The zero-order valence-corrected chi connectivity index (χ0v) is 10.0. The summed E-state index contributed by atoms with van der Waals surface area (Å²) in [6.07, 6.45) is 0. The first-order valence-corrected chi connectivity index (χ1v) is 5.83. The van der Waals surface area contributed by atoms with E-state index >= 15 is 0 Å². The highest BCUT2D eigenvalue weighted by Crippen LogP contribution is 2.27. The fourth-order valence-electron chi connectivity index (χ4n) is 1.37. The summed E-state index contributed by atoms with van der Waals surface area (Å²) in [5.74, 6) is -1.04. The van der Waals surface area contributed by atoms with E-state index in [1.54, 1.807) is 23.6 Å². The SMILES string of the molecule is NC(N)=Nc1nc(-c2cccc(C(=O)O)c2)cs1. The molecular formula is C11H10N4O2S. The predicted octanol–water partition coefficient (Wildman–Crippen LogP) is 1.41. The van der Waals surface area contributed by atoms with Gasteiger partial charge in [-0.3, -0.25) is 0 Å². The Morgan fingerprint density at radius 2 is 2.17 bits per heavy atom. The minimum absolute atomic E-state index is 0.0600. The average Bonchev–Trinajstić information content (AvgIpc) is 2.77. The lowest BCUT2D eigenvalue weighted by atomic mass is 10.1. The van der Waals surface area contributed by atoms with E-state index in [0.717, 1.165) is 0 Å². The summed E-state index contributed by atoms with van der Waals surface area (Å²) >= 11 is 1.28. The number of benzene rings is 1. The van der Waals surface area contributed by atoms with Crippen molar-refractivity contribution in [2.45, 2.75) is 0 Å². The van der Waals surface area contributed by atoms with Crippen molar-refractivity contribution in [1.29, 1.82) is 0 Å². The first-order valence-electron chi connectivity index (χ1n) is 4.95. The van der Waals surface area contributed by atoms with Gasteiger partial charge in [0.25, 0.3) is 0 Å². The highest BCUT2D eigenvalue weighted by Gasteiger charge is 2.07. The van der Waals surface area contributed by atoms with E-state index < -0.39 is 5.97 Å². The number of carboxylic acids is 1. The molecule has 6 nitrogen and oxygen atoms in total. The molecule has 7 heteroatoms. The maximum Gasteiger partial charge on any atom is 0.335 e. The Morgan fingerprint density at radius 3 is 2.83 bits per heavy atom. The smallest absolute Gasteiger partial charge is 0.335 e. The summed E-state index contributed by atoms with van der Waals surface area (Å²) in [4.78, 5) is 18.9. The number of rotatable bonds is 3. The summed E-state index contributed by atoms with van der Waals surface area (Å²) in [5.41, 5.74) is 12.1. The number of aromatic carboxylic acids is 1. The maximum atomic E-state index is 10.9. The van der Waals surface area contributed by atoms with Crippen molar-refractivity contribution in [3.05, 3.63) is 35.2 Å². The van der Waals surface area contributed by atoms with E-state index in [2.05, 4.69) is 9.98 Å². The second-order valence-corrected chi connectivity index (χ2v) is 4.27. The molecule has 1 aromatic carbocycles. The average molecular weight is 262 g/mol. The molecule has 5 N–H and O–H groups in total. The van der Waals surface area contributed by atoms with E-state index in [-0.39, 0.29) is 11.5 Å². The van der Waals surface area contributed by atoms with Crippen LogP contribution < -0.4 is 11.5 Å². The molecule has 0 bridgehead atoms. The molecule has 1 heterocycles. The summed E-state index contributed by atoms with van der Waals surface area (Å²) in [6, 6.07) is 6.52. The van der Waals surface area contributed by atoms with Crippen molar-refractivity contribution in [3.8, 4) is 11.3 Å². The summed E-state index contributed by atoms with van der Waals surface area (Å²) in [6.45, 7) is 0. The van der Waals surface area contributed by atoms with Crippen LogP contribution >= 0.6 is 11.3 Å². The van der Waals surface area contributed by atoms with Crippen LogP contribution in [-0.2, 0) is 0 Å². The number of carboxylic acid groups (broad SMARTS) is 1. The second kappa shape index (κ2) is 4.84. The Labute approximate surface area is 107 Å². The van der Waals surface area contributed by atoms with Gasteiger partial charge < -0.3 is 16.6 Å². The Hall–Kier alpha value is -2.41. The fourth-order valence-corrected chi connectivity index (χ4v) is 2.09. The van der Waals surface area contributed by atoms with Gasteiger partial charge in [-0.1, -0.05) is 12.1 Å². The van der Waals surface area contributed by atoms with Crippen LogP contribution in [-0.4, -0.2) is 22.0 Å². The highest BCUT2D eigenvalue weighted by atomic mass is 32.1. The number of carbonyl (C=O) groups is 1. The molecule has 0 aliphatic heterocycles. The molecule has 1 aromatic heterocycles. The minimum Gasteiger partial charge on any atom is -0.478 e. The van der Waals surface area contributed by atoms with E-state index in [4.69, 9.17) is 16.6 Å². The van der Waals surface area contributed by atoms with Gasteiger partial charge in [0, 0.05) is 10.9 Å². The molecule has 0 saturated carbocycles. The van der Waals surface area contributed by atoms with Crippen molar-refractivity contribution in [3.63, 3.8) is 0 Å². The number of aliphatic imine (C=N–C) groups is 1. The Balaban J connectivity index is 2.37. The molecule has 0 radical (unpaired) electrons. The Kier molecular flexibility index (Phi) is 3.24. The van der Waals surface area contributed by atoms with Gasteiger partial charge in [-0.15, -0.1) is 11.3 Å². The molecule has 18 heavy (non-hydrogen) atoms. The molecule has 0 saturated heterocycles. The van der Waals surface area contributed by atoms with Crippen molar-refractivity contribution in [1.82, 2.24) is 4.98 Å². The third kappa shape index (κ3) is 2.64. The van der Waals surface area contributed by atoms with Gasteiger partial charge in [-0.05, 0) is 12.1 Å². The third-order valence-electron chi connectivity index (χ3n) is 2.12. The van der Waals surface area contributed by atoms with Crippen LogP contribution in [0.1, 0.15) is 10.4 Å². The topological polar surface area (TPSA) is 115 Å². The van der Waals surface area contributed by atoms with Gasteiger partial charge in [0.15, 0.2) is 5.96 Å². The Bertz CT molecular complexity index is 617. The van der Waals surface area contributed by atoms with E-state index in [9.17, 15) is 4.79 Å². The van der Waals surface area contributed by atoms with Crippen LogP contribution in [0, 0.1) is 0 Å².